The van der Waals surface area contributed by atoms with Crippen molar-refractivity contribution in [2.75, 3.05) is 0 Å². The number of aliphatic hydroxyl groups is 1. The first-order valence-electron chi connectivity index (χ1n) is 12.0. The van der Waals surface area contributed by atoms with Crippen LogP contribution in [0.2, 0.25) is 0 Å². The van der Waals surface area contributed by atoms with Gasteiger partial charge >= 0.3 is 0 Å². The van der Waals surface area contributed by atoms with E-state index in [0.29, 0.717) is 48.0 Å². The maximum atomic E-state index is 13.3. The SMILES string of the molecule is C[C@]12CCC3C4CCC(=O)C=C4CCC3C1CC[C@@]2(O)c1cn(-c2ccc(F)cc2)nn1. The van der Waals surface area contributed by atoms with E-state index in [4.69, 9.17) is 0 Å². The van der Waals surface area contributed by atoms with Gasteiger partial charge in [-0.25, -0.2) is 9.07 Å². The van der Waals surface area contributed by atoms with Crippen molar-refractivity contribution < 1.29 is 14.3 Å². The molecular weight excluding hydrogens is 405 g/mol. The van der Waals surface area contributed by atoms with E-state index in [1.165, 1.54) is 17.7 Å². The Morgan fingerprint density at radius 3 is 2.69 bits per heavy atom. The summed E-state index contributed by atoms with van der Waals surface area (Å²) < 4.78 is 14.9. The summed E-state index contributed by atoms with van der Waals surface area (Å²) in [6, 6.07) is 6.16. The fourth-order valence-electron chi connectivity index (χ4n) is 7.79. The van der Waals surface area contributed by atoms with Crippen LogP contribution >= 0.6 is 0 Å². The first kappa shape index (κ1) is 20.3. The van der Waals surface area contributed by atoms with Crippen LogP contribution in [0.15, 0.2) is 42.1 Å². The zero-order valence-corrected chi connectivity index (χ0v) is 18.5. The Morgan fingerprint density at radius 1 is 1.06 bits per heavy atom. The summed E-state index contributed by atoms with van der Waals surface area (Å²) >= 11 is 0. The number of fused-ring (bicyclic) bond motifs is 5. The summed E-state index contributed by atoms with van der Waals surface area (Å²) in [4.78, 5) is 11.9. The predicted octanol–water partition coefficient (Wildman–Crippen LogP) is 4.74. The van der Waals surface area contributed by atoms with E-state index in [2.05, 4.69) is 17.2 Å². The van der Waals surface area contributed by atoms with Gasteiger partial charge in [-0.1, -0.05) is 17.7 Å². The second-order valence-electron chi connectivity index (χ2n) is 10.7. The van der Waals surface area contributed by atoms with E-state index in [1.54, 1.807) is 16.8 Å². The van der Waals surface area contributed by atoms with Gasteiger partial charge in [0.05, 0.1) is 11.9 Å². The molecule has 0 amide bonds. The fraction of sp³-hybridized carbons (Fsp3) is 0.577. The molecule has 1 aromatic carbocycles. The molecule has 1 N–H and O–H groups in total. The van der Waals surface area contributed by atoms with Crippen LogP contribution < -0.4 is 0 Å². The van der Waals surface area contributed by atoms with Crippen LogP contribution in [-0.2, 0) is 10.4 Å². The number of nitrogens with zero attached hydrogens (tertiary/aromatic N) is 3. The highest BCUT2D eigenvalue weighted by molar-refractivity contribution is 5.91. The fourth-order valence-corrected chi connectivity index (χ4v) is 7.79. The third-order valence-corrected chi connectivity index (χ3v) is 9.46. The van der Waals surface area contributed by atoms with Crippen molar-refractivity contribution in [3.63, 3.8) is 0 Å². The summed E-state index contributed by atoms with van der Waals surface area (Å²) in [5.74, 6) is 2.27. The van der Waals surface area contributed by atoms with E-state index in [1.807, 2.05) is 12.3 Å². The van der Waals surface area contributed by atoms with Crippen molar-refractivity contribution in [3.8, 4) is 5.69 Å². The average molecular weight is 436 g/mol. The third-order valence-electron chi connectivity index (χ3n) is 9.46. The average Bonchev–Trinajstić information content (AvgIpc) is 3.38. The van der Waals surface area contributed by atoms with Crippen molar-refractivity contribution in [1.82, 2.24) is 15.0 Å². The molecule has 0 saturated heterocycles. The molecule has 0 radical (unpaired) electrons. The van der Waals surface area contributed by atoms with E-state index in [9.17, 15) is 14.3 Å². The number of aromatic nitrogens is 3. The van der Waals surface area contributed by atoms with Gasteiger partial charge < -0.3 is 5.11 Å². The molecule has 6 heteroatoms. The van der Waals surface area contributed by atoms with Crippen molar-refractivity contribution in [2.24, 2.45) is 29.1 Å². The number of hydrogen-bond acceptors (Lipinski definition) is 4. The highest BCUT2D eigenvalue weighted by atomic mass is 19.1. The van der Waals surface area contributed by atoms with Crippen LogP contribution in [0.1, 0.15) is 64.0 Å². The smallest absolute Gasteiger partial charge is 0.155 e. The van der Waals surface area contributed by atoms with Crippen molar-refractivity contribution in [2.45, 2.75) is 63.9 Å². The molecule has 168 valence electrons. The number of carbonyl (C=O) groups excluding carboxylic acids is 1. The van der Waals surface area contributed by atoms with Crippen LogP contribution in [0.5, 0.6) is 0 Å². The van der Waals surface area contributed by atoms with Crippen LogP contribution in [0.3, 0.4) is 0 Å². The lowest BCUT2D eigenvalue weighted by Crippen LogP contribution is -2.51. The number of ketones is 1. The quantitative estimate of drug-likeness (QED) is 0.740. The molecule has 6 atom stereocenters. The van der Waals surface area contributed by atoms with Gasteiger partial charge in [0.15, 0.2) is 5.78 Å². The minimum Gasteiger partial charge on any atom is -0.383 e. The first-order valence-corrected chi connectivity index (χ1v) is 12.0. The van der Waals surface area contributed by atoms with Gasteiger partial charge in [0, 0.05) is 11.8 Å². The van der Waals surface area contributed by atoms with E-state index >= 15 is 0 Å². The molecule has 0 spiro atoms. The molecule has 3 fully saturated rings. The molecule has 4 aliphatic carbocycles. The lowest BCUT2D eigenvalue weighted by atomic mass is 9.50. The molecule has 1 heterocycles. The van der Waals surface area contributed by atoms with Gasteiger partial charge in [0.1, 0.15) is 17.1 Å². The zero-order chi connectivity index (χ0) is 22.1. The number of rotatable bonds is 2. The standard InChI is InChI=1S/C26H30FN3O2/c1-25-12-10-21-20-9-7-19(31)14-16(20)2-8-22(21)23(25)11-13-26(25,32)24-15-30(29-28-24)18-5-3-17(27)4-6-18/h3-6,14-15,20-23,32H,2,7-13H2,1H3/t20?,21?,22?,23?,25-,26+/m0/s1. The Labute approximate surface area is 187 Å². The molecular formula is C26H30FN3O2. The second-order valence-corrected chi connectivity index (χ2v) is 10.7. The van der Waals surface area contributed by atoms with Crippen LogP contribution in [0, 0.1) is 34.9 Å². The Kier molecular flexibility index (Phi) is 4.49. The monoisotopic (exact) mass is 435 g/mol. The van der Waals surface area contributed by atoms with Gasteiger partial charge in [-0.05, 0) is 99.0 Å². The molecule has 3 saturated carbocycles. The zero-order valence-electron chi connectivity index (χ0n) is 18.5. The van der Waals surface area contributed by atoms with Gasteiger partial charge in [0.2, 0.25) is 0 Å². The lowest BCUT2D eigenvalue weighted by Gasteiger charge is -2.55. The molecule has 0 aliphatic heterocycles. The van der Waals surface area contributed by atoms with Gasteiger partial charge in [-0.3, -0.25) is 4.79 Å². The summed E-state index contributed by atoms with van der Waals surface area (Å²) in [6.07, 6.45) is 11.4. The lowest BCUT2D eigenvalue weighted by molar-refractivity contribution is -0.126. The van der Waals surface area contributed by atoms with Crippen molar-refractivity contribution >= 4 is 5.78 Å². The third kappa shape index (κ3) is 2.81. The largest absolute Gasteiger partial charge is 0.383 e. The number of carbonyl (C=O) groups is 1. The first-order chi connectivity index (χ1) is 15.4. The Morgan fingerprint density at radius 2 is 1.88 bits per heavy atom. The minimum absolute atomic E-state index is 0.233. The molecule has 32 heavy (non-hydrogen) atoms. The van der Waals surface area contributed by atoms with Crippen molar-refractivity contribution in [3.05, 3.63) is 53.6 Å². The summed E-state index contributed by atoms with van der Waals surface area (Å²) in [6.45, 7) is 2.26. The number of halogens is 1. The van der Waals surface area contributed by atoms with Gasteiger partial charge in [-0.15, -0.1) is 5.10 Å². The molecule has 0 bridgehead atoms. The second kappa shape index (κ2) is 7.08. The van der Waals surface area contributed by atoms with Crippen LogP contribution in [0.25, 0.3) is 5.69 Å². The van der Waals surface area contributed by atoms with Gasteiger partial charge in [0.25, 0.3) is 0 Å². The highest BCUT2D eigenvalue weighted by Crippen LogP contribution is 2.67. The number of allylic oxidation sites excluding steroid dienone is 1. The minimum atomic E-state index is -1.00. The topological polar surface area (TPSA) is 68.0 Å². The molecule has 5 nitrogen and oxygen atoms in total. The summed E-state index contributed by atoms with van der Waals surface area (Å²) in [7, 11) is 0. The van der Waals surface area contributed by atoms with E-state index in [-0.39, 0.29) is 11.2 Å². The molecule has 1 aromatic heterocycles. The van der Waals surface area contributed by atoms with Crippen LogP contribution in [-0.4, -0.2) is 25.9 Å². The Hall–Kier alpha value is -2.34. The van der Waals surface area contributed by atoms with E-state index in [0.717, 1.165) is 44.2 Å². The number of hydrogen-bond donors (Lipinski definition) is 1. The summed E-state index contributed by atoms with van der Waals surface area (Å²) in [5, 5.41) is 20.7. The normalized spacial score (nSPS) is 38.6. The highest BCUT2D eigenvalue weighted by Gasteiger charge is 2.63. The maximum Gasteiger partial charge on any atom is 0.155 e. The Bertz CT molecular complexity index is 1090. The molecule has 4 aliphatic rings. The van der Waals surface area contributed by atoms with E-state index < -0.39 is 5.60 Å². The predicted molar refractivity (Wildman–Crippen MR) is 117 cm³/mol. The maximum absolute atomic E-state index is 13.3. The van der Waals surface area contributed by atoms with Crippen molar-refractivity contribution in [1.29, 1.82) is 0 Å². The molecule has 2 aromatic rings. The Balaban J connectivity index is 1.30. The summed E-state index contributed by atoms with van der Waals surface area (Å²) in [5.41, 5.74) is 1.52. The number of benzene rings is 1. The van der Waals surface area contributed by atoms with Crippen LogP contribution in [0.4, 0.5) is 4.39 Å². The van der Waals surface area contributed by atoms with Gasteiger partial charge in [-0.2, -0.15) is 0 Å². The molecule has 6 rings (SSSR count). The molecule has 4 unspecified atom stereocenters.